The standard InChI is InChI=1S/C16H22N2O3/c1-20-15-10-12-13(17-7-4-3-5-9-19)6-8-18-14(12)11-16(15)21-2/h6,8,10-11,19H,3-5,7,9H2,1-2H3,(H,17,18). The zero-order chi connectivity index (χ0) is 15.1. The molecule has 0 aliphatic heterocycles. The number of hydrogen-bond acceptors (Lipinski definition) is 5. The molecule has 1 aromatic carbocycles. The van der Waals surface area contributed by atoms with Crippen LogP contribution in [0.4, 0.5) is 5.69 Å². The number of fused-ring (bicyclic) bond motifs is 1. The molecule has 2 rings (SSSR count). The summed E-state index contributed by atoms with van der Waals surface area (Å²) in [6, 6.07) is 5.78. The Hall–Kier alpha value is -2.01. The van der Waals surface area contributed by atoms with Gasteiger partial charge < -0.3 is 19.9 Å². The molecule has 0 aliphatic rings. The van der Waals surface area contributed by atoms with Crippen LogP contribution in [0.15, 0.2) is 24.4 Å². The van der Waals surface area contributed by atoms with Crippen molar-refractivity contribution in [3.05, 3.63) is 24.4 Å². The van der Waals surface area contributed by atoms with Crippen molar-refractivity contribution in [2.75, 3.05) is 32.7 Å². The van der Waals surface area contributed by atoms with Gasteiger partial charge in [0.1, 0.15) is 0 Å². The van der Waals surface area contributed by atoms with Gasteiger partial charge in [-0.25, -0.2) is 0 Å². The SMILES string of the molecule is COc1cc2nccc(NCCCCCO)c2cc1OC. The fourth-order valence-electron chi connectivity index (χ4n) is 2.26. The second-order valence-electron chi connectivity index (χ2n) is 4.79. The minimum absolute atomic E-state index is 0.259. The normalized spacial score (nSPS) is 10.6. The van der Waals surface area contributed by atoms with Crippen LogP contribution in [0.5, 0.6) is 11.5 Å². The van der Waals surface area contributed by atoms with E-state index in [0.717, 1.165) is 42.4 Å². The van der Waals surface area contributed by atoms with Gasteiger partial charge in [0.2, 0.25) is 0 Å². The largest absolute Gasteiger partial charge is 0.493 e. The minimum Gasteiger partial charge on any atom is -0.493 e. The predicted octanol–water partition coefficient (Wildman–Crippen LogP) is 2.83. The molecule has 0 atom stereocenters. The quantitative estimate of drug-likeness (QED) is 0.732. The van der Waals surface area contributed by atoms with Crippen LogP contribution in [-0.2, 0) is 0 Å². The number of rotatable bonds is 8. The first-order valence-corrected chi connectivity index (χ1v) is 7.15. The molecule has 0 aliphatic carbocycles. The Bertz CT molecular complexity index is 587. The molecule has 5 nitrogen and oxygen atoms in total. The van der Waals surface area contributed by atoms with E-state index in [1.807, 2.05) is 18.2 Å². The van der Waals surface area contributed by atoms with Crippen LogP contribution in [0.2, 0.25) is 0 Å². The van der Waals surface area contributed by atoms with Gasteiger partial charge in [-0.2, -0.15) is 0 Å². The number of aromatic nitrogens is 1. The highest BCUT2D eigenvalue weighted by atomic mass is 16.5. The van der Waals surface area contributed by atoms with Gasteiger partial charge >= 0.3 is 0 Å². The van der Waals surface area contributed by atoms with Crippen LogP contribution in [0.3, 0.4) is 0 Å². The number of pyridine rings is 1. The van der Waals surface area contributed by atoms with Gasteiger partial charge in [0.25, 0.3) is 0 Å². The fourth-order valence-corrected chi connectivity index (χ4v) is 2.26. The molecule has 1 aromatic heterocycles. The number of benzene rings is 1. The second kappa shape index (κ2) is 7.69. The molecular weight excluding hydrogens is 268 g/mol. The molecule has 0 amide bonds. The maximum absolute atomic E-state index is 8.78. The molecule has 21 heavy (non-hydrogen) atoms. The van der Waals surface area contributed by atoms with E-state index in [0.29, 0.717) is 11.5 Å². The molecule has 0 unspecified atom stereocenters. The zero-order valence-corrected chi connectivity index (χ0v) is 12.6. The second-order valence-corrected chi connectivity index (χ2v) is 4.79. The predicted molar refractivity (Wildman–Crippen MR) is 84.3 cm³/mol. The summed E-state index contributed by atoms with van der Waals surface area (Å²) in [5, 5.41) is 13.2. The molecule has 0 saturated carbocycles. The van der Waals surface area contributed by atoms with Crippen LogP contribution in [0, 0.1) is 0 Å². The number of nitrogens with one attached hydrogen (secondary N) is 1. The highest BCUT2D eigenvalue weighted by Crippen LogP contribution is 2.34. The molecule has 0 bridgehead atoms. The lowest BCUT2D eigenvalue weighted by molar-refractivity contribution is 0.283. The number of unbranched alkanes of at least 4 members (excludes halogenated alkanes) is 2. The molecule has 2 N–H and O–H groups in total. The summed E-state index contributed by atoms with van der Waals surface area (Å²) in [6.07, 6.45) is 4.68. The third kappa shape index (κ3) is 3.76. The summed E-state index contributed by atoms with van der Waals surface area (Å²) in [5.74, 6) is 1.37. The molecule has 0 spiro atoms. The molecule has 0 saturated heterocycles. The first kappa shape index (κ1) is 15.4. The molecule has 0 radical (unpaired) electrons. The minimum atomic E-state index is 0.259. The number of anilines is 1. The lowest BCUT2D eigenvalue weighted by atomic mass is 10.1. The highest BCUT2D eigenvalue weighted by Gasteiger charge is 2.09. The van der Waals surface area contributed by atoms with E-state index in [2.05, 4.69) is 10.3 Å². The van der Waals surface area contributed by atoms with E-state index in [-0.39, 0.29) is 6.61 Å². The van der Waals surface area contributed by atoms with E-state index in [1.165, 1.54) is 0 Å². The molecule has 0 fully saturated rings. The summed E-state index contributed by atoms with van der Waals surface area (Å²) in [5.41, 5.74) is 1.90. The van der Waals surface area contributed by atoms with E-state index in [4.69, 9.17) is 14.6 Å². The smallest absolute Gasteiger partial charge is 0.162 e. The van der Waals surface area contributed by atoms with Gasteiger partial charge in [-0.15, -0.1) is 0 Å². The van der Waals surface area contributed by atoms with Crippen molar-refractivity contribution in [1.29, 1.82) is 0 Å². The Kier molecular flexibility index (Phi) is 5.63. The topological polar surface area (TPSA) is 63.6 Å². The van der Waals surface area contributed by atoms with Crippen molar-refractivity contribution in [3.8, 4) is 11.5 Å². The third-order valence-corrected chi connectivity index (χ3v) is 3.40. The monoisotopic (exact) mass is 290 g/mol. The van der Waals surface area contributed by atoms with Gasteiger partial charge in [0, 0.05) is 36.5 Å². The zero-order valence-electron chi connectivity index (χ0n) is 12.6. The van der Waals surface area contributed by atoms with Crippen molar-refractivity contribution in [2.45, 2.75) is 19.3 Å². The van der Waals surface area contributed by atoms with Gasteiger partial charge in [-0.1, -0.05) is 0 Å². The third-order valence-electron chi connectivity index (χ3n) is 3.40. The summed E-state index contributed by atoms with van der Waals surface area (Å²) < 4.78 is 10.6. The fraction of sp³-hybridized carbons (Fsp3) is 0.438. The molecule has 2 aromatic rings. The summed E-state index contributed by atoms with van der Waals surface area (Å²) in [6.45, 7) is 1.13. The lowest BCUT2D eigenvalue weighted by Crippen LogP contribution is -2.03. The summed E-state index contributed by atoms with van der Waals surface area (Å²) in [7, 11) is 3.25. The maximum atomic E-state index is 8.78. The summed E-state index contributed by atoms with van der Waals surface area (Å²) in [4.78, 5) is 4.37. The van der Waals surface area contributed by atoms with Gasteiger partial charge in [0.05, 0.1) is 19.7 Å². The average molecular weight is 290 g/mol. The maximum Gasteiger partial charge on any atom is 0.162 e. The van der Waals surface area contributed by atoms with Crippen LogP contribution in [-0.4, -0.2) is 37.5 Å². The van der Waals surface area contributed by atoms with Crippen LogP contribution < -0.4 is 14.8 Å². The van der Waals surface area contributed by atoms with Crippen molar-refractivity contribution in [1.82, 2.24) is 4.98 Å². The van der Waals surface area contributed by atoms with Crippen molar-refractivity contribution < 1.29 is 14.6 Å². The van der Waals surface area contributed by atoms with Crippen molar-refractivity contribution >= 4 is 16.6 Å². The first-order valence-electron chi connectivity index (χ1n) is 7.15. The number of aliphatic hydroxyl groups excluding tert-OH is 1. The number of methoxy groups -OCH3 is 2. The Morgan fingerprint density at radius 1 is 1.10 bits per heavy atom. The Morgan fingerprint density at radius 3 is 2.57 bits per heavy atom. The Morgan fingerprint density at radius 2 is 1.86 bits per heavy atom. The Balaban J connectivity index is 2.19. The van der Waals surface area contributed by atoms with Gasteiger partial charge in [0.15, 0.2) is 11.5 Å². The number of hydrogen-bond donors (Lipinski definition) is 2. The number of ether oxygens (including phenoxy) is 2. The van der Waals surface area contributed by atoms with E-state index < -0.39 is 0 Å². The van der Waals surface area contributed by atoms with Crippen LogP contribution in [0.25, 0.3) is 10.9 Å². The van der Waals surface area contributed by atoms with Crippen LogP contribution in [0.1, 0.15) is 19.3 Å². The van der Waals surface area contributed by atoms with E-state index in [1.54, 1.807) is 20.4 Å². The highest BCUT2D eigenvalue weighted by molar-refractivity contribution is 5.93. The van der Waals surface area contributed by atoms with Crippen molar-refractivity contribution in [3.63, 3.8) is 0 Å². The van der Waals surface area contributed by atoms with E-state index in [9.17, 15) is 0 Å². The molecule has 114 valence electrons. The first-order chi connectivity index (χ1) is 10.3. The van der Waals surface area contributed by atoms with Gasteiger partial charge in [-0.3, -0.25) is 4.98 Å². The molecule has 1 heterocycles. The molecule has 5 heteroatoms. The summed E-state index contributed by atoms with van der Waals surface area (Å²) >= 11 is 0. The van der Waals surface area contributed by atoms with Crippen LogP contribution >= 0.6 is 0 Å². The number of aliphatic hydroxyl groups is 1. The van der Waals surface area contributed by atoms with Gasteiger partial charge in [-0.05, 0) is 31.4 Å². The average Bonchev–Trinajstić information content (AvgIpc) is 2.53. The Labute approximate surface area is 124 Å². The number of nitrogens with zero attached hydrogens (tertiary/aromatic N) is 1. The lowest BCUT2D eigenvalue weighted by Gasteiger charge is -2.12. The van der Waals surface area contributed by atoms with Crippen molar-refractivity contribution in [2.24, 2.45) is 0 Å². The van der Waals surface area contributed by atoms with E-state index >= 15 is 0 Å². The molecular formula is C16H22N2O3.